The maximum absolute atomic E-state index is 14.1. The second kappa shape index (κ2) is 9.59. The van der Waals surface area contributed by atoms with Gasteiger partial charge in [0, 0.05) is 18.4 Å². The first-order valence-corrected chi connectivity index (χ1v) is 11.1. The lowest BCUT2D eigenvalue weighted by Gasteiger charge is -2.40. The predicted octanol–water partition coefficient (Wildman–Crippen LogP) is 1.18. The maximum atomic E-state index is 14.1. The molecule has 0 saturated carbocycles. The Labute approximate surface area is 173 Å². The Morgan fingerprint density at radius 3 is 2.38 bits per heavy atom. The fraction of sp³-hybridized carbons (Fsp3) is 0.500. The molecule has 5 heteroatoms. The van der Waals surface area contributed by atoms with Gasteiger partial charge in [0.1, 0.15) is 18.1 Å². The Morgan fingerprint density at radius 1 is 0.966 bits per heavy atom. The van der Waals surface area contributed by atoms with Crippen LogP contribution in [0.2, 0.25) is 0 Å². The number of piperidine rings is 1. The summed E-state index contributed by atoms with van der Waals surface area (Å²) in [5.41, 5.74) is 2.09. The van der Waals surface area contributed by atoms with Gasteiger partial charge in [-0.3, -0.25) is 0 Å². The molecule has 2 aromatic carbocycles. The topological polar surface area (TPSA) is 21.4 Å². The minimum Gasteiger partial charge on any atom is -0.493 e. The van der Waals surface area contributed by atoms with Crippen LogP contribution in [0.5, 0.6) is 5.75 Å². The average Bonchev–Trinajstić information content (AvgIpc) is 2.76. The number of rotatable bonds is 6. The number of likely N-dealkylation sites (tertiary alicyclic amines) is 1. The predicted molar refractivity (Wildman–Crippen MR) is 114 cm³/mol. The van der Waals surface area contributed by atoms with E-state index >= 15 is 0 Å². The maximum Gasteiger partial charge on any atom is 0.146 e. The number of benzene rings is 2. The summed E-state index contributed by atoms with van der Waals surface area (Å²) in [7, 11) is 0. The van der Waals surface area contributed by atoms with Crippen molar-refractivity contribution in [1.29, 1.82) is 0 Å². The van der Waals surface area contributed by atoms with Gasteiger partial charge in [-0.25, -0.2) is 4.39 Å². The van der Waals surface area contributed by atoms with E-state index in [0.29, 0.717) is 0 Å². The fourth-order valence-electron chi connectivity index (χ4n) is 4.98. The van der Waals surface area contributed by atoms with Crippen LogP contribution in [-0.2, 0) is 6.54 Å². The minimum atomic E-state index is -0.0970. The van der Waals surface area contributed by atoms with Crippen molar-refractivity contribution in [3.63, 3.8) is 0 Å². The van der Waals surface area contributed by atoms with E-state index in [9.17, 15) is 4.39 Å². The molecule has 0 amide bonds. The monoisotopic (exact) mass is 399 g/mol. The molecule has 4 nitrogen and oxygen atoms in total. The summed E-state index contributed by atoms with van der Waals surface area (Å²) in [6.07, 6.45) is 2.56. The van der Waals surface area contributed by atoms with Crippen molar-refractivity contribution < 1.29 is 18.9 Å². The van der Waals surface area contributed by atoms with Crippen LogP contribution in [0.1, 0.15) is 25.3 Å². The lowest BCUT2D eigenvalue weighted by atomic mass is 10.0. The largest absolute Gasteiger partial charge is 0.493 e. The zero-order valence-electron chi connectivity index (χ0n) is 17.5. The average molecular weight is 400 g/mol. The van der Waals surface area contributed by atoms with Gasteiger partial charge in [-0.15, -0.1) is 0 Å². The van der Waals surface area contributed by atoms with Gasteiger partial charge in [-0.05, 0) is 31.2 Å². The van der Waals surface area contributed by atoms with Gasteiger partial charge < -0.3 is 19.4 Å². The highest BCUT2D eigenvalue weighted by atomic mass is 19.1. The first-order chi connectivity index (χ1) is 14.2. The van der Waals surface area contributed by atoms with Crippen LogP contribution in [0.3, 0.4) is 0 Å². The summed E-state index contributed by atoms with van der Waals surface area (Å²) in [5, 5.41) is 0. The number of anilines is 1. The zero-order chi connectivity index (χ0) is 20.1. The summed E-state index contributed by atoms with van der Waals surface area (Å²) in [4.78, 5) is 5.59. The van der Waals surface area contributed by atoms with E-state index in [2.05, 4.69) is 29.2 Å². The molecule has 0 radical (unpaired) electrons. The van der Waals surface area contributed by atoms with Crippen LogP contribution < -0.4 is 19.4 Å². The van der Waals surface area contributed by atoms with Gasteiger partial charge in [-0.2, -0.15) is 0 Å². The molecule has 0 bridgehead atoms. The first-order valence-electron chi connectivity index (χ1n) is 11.1. The van der Waals surface area contributed by atoms with E-state index in [4.69, 9.17) is 4.74 Å². The standard InChI is InChI=1S/C24H32FN3O/c1-2-29-24-10-6-3-7-20(24)19-26-13-11-21(12-14-26)27-15-17-28(18-16-27)23-9-5-4-8-22(23)25/h3-10,21H,2,11-19H2,1H3/p+2. The first kappa shape index (κ1) is 20.2. The van der Waals surface area contributed by atoms with E-state index in [1.165, 1.54) is 31.5 Å². The lowest BCUT2D eigenvalue weighted by Crippen LogP contribution is -3.21. The molecule has 4 rings (SSSR count). The second-order valence-corrected chi connectivity index (χ2v) is 8.34. The fourth-order valence-corrected chi connectivity index (χ4v) is 4.98. The smallest absolute Gasteiger partial charge is 0.146 e. The Morgan fingerprint density at radius 2 is 1.66 bits per heavy atom. The lowest BCUT2D eigenvalue weighted by molar-refractivity contribution is -0.963. The summed E-state index contributed by atoms with van der Waals surface area (Å²) in [6, 6.07) is 16.4. The van der Waals surface area contributed by atoms with Gasteiger partial charge in [0.2, 0.25) is 0 Å². The minimum absolute atomic E-state index is 0.0970. The van der Waals surface area contributed by atoms with Crippen molar-refractivity contribution >= 4 is 5.69 Å². The normalized spacial score (nSPS) is 23.2. The number of nitrogens with zero attached hydrogens (tertiary/aromatic N) is 1. The molecule has 2 N–H and O–H groups in total. The number of piperazine rings is 1. The van der Waals surface area contributed by atoms with Crippen LogP contribution in [0.25, 0.3) is 0 Å². The molecule has 0 aliphatic carbocycles. The SMILES string of the molecule is CCOc1ccccc1C[NH+]1CCC([NH+]2CCN(c3ccccc3F)CC2)CC1. The zero-order valence-corrected chi connectivity index (χ0v) is 17.5. The number of nitrogens with one attached hydrogen (secondary N) is 2. The van der Waals surface area contributed by atoms with E-state index in [1.54, 1.807) is 21.9 Å². The van der Waals surface area contributed by atoms with Gasteiger partial charge in [0.25, 0.3) is 0 Å². The quantitative estimate of drug-likeness (QED) is 0.761. The Bertz CT molecular complexity index is 783. The van der Waals surface area contributed by atoms with Crippen molar-refractivity contribution in [2.45, 2.75) is 32.4 Å². The van der Waals surface area contributed by atoms with Crippen molar-refractivity contribution in [2.75, 3.05) is 50.8 Å². The molecular formula is C24H34FN3O+2. The van der Waals surface area contributed by atoms with E-state index < -0.39 is 0 Å². The van der Waals surface area contributed by atoms with Crippen LogP contribution in [0.15, 0.2) is 48.5 Å². The van der Waals surface area contributed by atoms with Gasteiger partial charge >= 0.3 is 0 Å². The van der Waals surface area contributed by atoms with E-state index in [-0.39, 0.29) is 5.82 Å². The highest BCUT2D eigenvalue weighted by Crippen LogP contribution is 2.19. The molecule has 156 valence electrons. The van der Waals surface area contributed by atoms with Crippen LogP contribution in [0.4, 0.5) is 10.1 Å². The molecule has 2 aliphatic rings. The molecule has 0 atom stereocenters. The van der Waals surface area contributed by atoms with Crippen molar-refractivity contribution in [2.24, 2.45) is 0 Å². The molecule has 2 saturated heterocycles. The summed E-state index contributed by atoms with van der Waals surface area (Å²) < 4.78 is 19.9. The third-order valence-electron chi connectivity index (χ3n) is 6.58. The van der Waals surface area contributed by atoms with Crippen molar-refractivity contribution in [3.05, 3.63) is 59.9 Å². The molecule has 0 unspecified atom stereocenters. The number of hydrogen-bond acceptors (Lipinski definition) is 2. The van der Waals surface area contributed by atoms with Gasteiger partial charge in [0.15, 0.2) is 0 Å². The molecule has 0 spiro atoms. The molecule has 2 heterocycles. The van der Waals surface area contributed by atoms with Gasteiger partial charge in [0.05, 0.1) is 57.6 Å². The van der Waals surface area contributed by atoms with Crippen LogP contribution in [0, 0.1) is 5.82 Å². The molecule has 2 aromatic rings. The second-order valence-electron chi connectivity index (χ2n) is 8.34. The molecule has 2 fully saturated rings. The highest BCUT2D eigenvalue weighted by Gasteiger charge is 2.33. The van der Waals surface area contributed by atoms with Crippen LogP contribution in [-0.4, -0.2) is 51.9 Å². The summed E-state index contributed by atoms with van der Waals surface area (Å²) in [5.74, 6) is 0.944. The number of hydrogen-bond donors (Lipinski definition) is 2. The van der Waals surface area contributed by atoms with E-state index in [0.717, 1.165) is 56.8 Å². The third-order valence-corrected chi connectivity index (χ3v) is 6.58. The van der Waals surface area contributed by atoms with Crippen molar-refractivity contribution in [3.8, 4) is 5.75 Å². The van der Waals surface area contributed by atoms with Crippen molar-refractivity contribution in [1.82, 2.24) is 0 Å². The van der Waals surface area contributed by atoms with E-state index in [1.807, 2.05) is 19.1 Å². The number of para-hydroxylation sites is 2. The highest BCUT2D eigenvalue weighted by molar-refractivity contribution is 5.47. The Balaban J connectivity index is 1.26. The number of quaternary nitrogens is 2. The summed E-state index contributed by atoms with van der Waals surface area (Å²) >= 11 is 0. The molecule has 2 aliphatic heterocycles. The number of halogens is 1. The van der Waals surface area contributed by atoms with Gasteiger partial charge in [-0.1, -0.05) is 24.3 Å². The molecular weight excluding hydrogens is 365 g/mol. The Kier molecular flexibility index (Phi) is 6.67. The molecule has 29 heavy (non-hydrogen) atoms. The third kappa shape index (κ3) is 4.90. The van der Waals surface area contributed by atoms with Crippen LogP contribution >= 0.6 is 0 Å². The molecule has 0 aromatic heterocycles. The summed E-state index contributed by atoms with van der Waals surface area (Å²) in [6.45, 7) is 10.4. The Hall–Kier alpha value is -2.11. The number of ether oxygens (including phenoxy) is 1.